The highest BCUT2D eigenvalue weighted by Crippen LogP contribution is 2.29. The molecule has 6 amide bonds. The number of aryl methyl sites for hydroxylation is 3. The molecule has 0 radical (unpaired) electrons. The number of likely N-dealkylation sites (N-methyl/N-ethyl adjacent to an activating group) is 6. The van der Waals surface area contributed by atoms with Gasteiger partial charge in [0.1, 0.15) is 39.4 Å². The molecule has 0 saturated carbocycles. The van der Waals surface area contributed by atoms with E-state index in [9.17, 15) is 28.8 Å². The van der Waals surface area contributed by atoms with E-state index in [0.717, 1.165) is 46.3 Å². The fourth-order valence-corrected chi connectivity index (χ4v) is 12.5. The van der Waals surface area contributed by atoms with Gasteiger partial charge < -0.3 is 120 Å². The molecular formula is C96H126N18O12. The van der Waals surface area contributed by atoms with Gasteiger partial charge in [0.2, 0.25) is 0 Å². The van der Waals surface area contributed by atoms with Gasteiger partial charge in [-0.2, -0.15) is 0 Å². The molecule has 0 unspecified atom stereocenters. The van der Waals surface area contributed by atoms with Crippen molar-refractivity contribution in [3.8, 4) is 0 Å². The molecular weight excluding hydrogens is 1600 g/mol. The number of hydrogen-bond acceptors (Lipinski definition) is 18. The monoisotopic (exact) mass is 1780 g/mol. The Morgan fingerprint density at radius 2 is 0.571 bits per heavy atom. The smallest absolute Gasteiger partial charge is 0.407 e. The van der Waals surface area contributed by atoms with Crippen molar-refractivity contribution in [2.24, 2.45) is 0 Å². The first-order valence-electron chi connectivity index (χ1n) is 67.8. The molecule has 30 heteroatoms. The van der Waals surface area contributed by atoms with Crippen LogP contribution < -0.4 is 31.9 Å². The van der Waals surface area contributed by atoms with Crippen molar-refractivity contribution >= 4 is 102 Å². The molecule has 0 aliphatic carbocycles. The maximum absolute atomic E-state index is 11.6. The molecule has 18 rings (SSSR count). The van der Waals surface area contributed by atoms with Crippen LogP contribution in [0.3, 0.4) is 0 Å². The minimum atomic E-state index is -3.60. The van der Waals surface area contributed by atoms with Crippen molar-refractivity contribution < 1.29 is 140 Å². The second-order valence-corrected chi connectivity index (χ2v) is 28.2. The third kappa shape index (κ3) is 26.5. The number of H-pyrrole nitrogens is 6. The van der Waals surface area contributed by atoms with Crippen LogP contribution in [-0.4, -0.2) is 295 Å². The molecule has 6 fully saturated rings. The zero-order valence-corrected chi connectivity index (χ0v) is 67.8. The highest BCUT2D eigenvalue weighted by molar-refractivity contribution is 5.88. The van der Waals surface area contributed by atoms with Crippen LogP contribution in [0.4, 0.5) is 28.8 Å². The normalized spacial score (nSPS) is 29.9. The quantitative estimate of drug-likeness (QED) is 0.0186. The number of aromatic amines is 6. The highest BCUT2D eigenvalue weighted by atomic mass is 16.6. The van der Waals surface area contributed by atoms with Crippen molar-refractivity contribution in [1.82, 2.24) is 91.2 Å². The molecule has 12 heterocycles. The Bertz CT molecular complexity index is 8530. The van der Waals surface area contributed by atoms with E-state index < -0.39 is 248 Å². The van der Waals surface area contributed by atoms with Crippen LogP contribution in [0.25, 0.3) is 65.4 Å². The van der Waals surface area contributed by atoms with E-state index in [2.05, 4.69) is 59.3 Å². The standard InChI is InChI=1S/6C16H21N3O2/c6*1-19(2)6-5-12-9-17-15-4-3-11(8-14(12)15)7-13-10-21-16(20)18-13/h6*3-4,8-9,13,17H,5-7,10H2,1-2H3,(H,18,20)/t6*13-/m000000/s1/i1D3,2D3,5D2,6D2,7D2,10D2;1D3,5D2,6D2,7D2,10D2;5D2,6D2,7D2,10D2;1D3,2D3,7D2,10D2;1D3,7D2,10D2;7D2,10D2/hD6. The lowest BCUT2D eigenvalue weighted by Gasteiger charge is -2.09. The number of amides is 6. The Morgan fingerprint density at radius 3 is 0.849 bits per heavy atom. The number of alkyl carbamates (subject to hydrolysis) is 6. The van der Waals surface area contributed by atoms with E-state index in [1.54, 1.807) is 18.3 Å². The lowest BCUT2D eigenvalue weighted by molar-refractivity contribution is 0.176. The SMILES string of the molecule is [2H]C1([2H])OC(=O)N[C@H]1C([2H])([2H])c1ccc2[nH]cc(C([2H])([2H])C([2H])([2H])N(C([2H])([2H])[2H])C([2H])([2H])[2H])c2c1.[2H]C1([2H])OC(=O)N[C@H]1C([2H])([2H])c1ccc2[nH]cc(C([2H])([2H])C([2H])([2H])N(C)C([2H])([2H])[2H])c2c1.[2H]C1([2H])OC(=O)N[C@H]1C([2H])([2H])c1ccc2[nH]cc(C([2H])([2H])C([2H])([2H])N(C)C)c2c1.[2H]N1C(=O)OC([2H])([2H])[C@@H]1C([2H])([2H])c1ccc2c(c1)c(CCN(C([2H])([2H])[2H])C([2H])([2H])[2H])cn2[2H].[2H]N1C(=O)OC([2H])([2H])[C@@H]1C([2H])([2H])c1ccc2c(c1)c(CCN(C)C([2H])([2H])[2H])cn2[2H].[2H]N1C(=O)OC([2H])([2H])[C@@H]1C([2H])([2H])c1ccc2c(c1)c(CCN(C)C)cn2[2H]. The number of fused-ring (bicyclic) bond motifs is 6. The maximum Gasteiger partial charge on any atom is 0.407 e. The van der Waals surface area contributed by atoms with Gasteiger partial charge in [-0.15, -0.1) is 0 Å². The molecule has 12 N–H and O–H groups in total. The first-order valence-corrected chi connectivity index (χ1v) is 38.1. The van der Waals surface area contributed by atoms with Crippen LogP contribution in [-0.2, 0) is 105 Å². The average Bonchev–Trinajstić information content (AvgIpc) is 1.54. The van der Waals surface area contributed by atoms with Crippen molar-refractivity contribution in [2.45, 2.75) is 113 Å². The lowest BCUT2D eigenvalue weighted by Crippen LogP contribution is -2.28. The topological polar surface area (TPSA) is 344 Å². The van der Waals surface area contributed by atoms with Crippen LogP contribution in [0.2, 0.25) is 8.47 Å². The molecule has 0 spiro atoms. The predicted octanol–water partition coefficient (Wildman–Crippen LogP) is 11.5. The van der Waals surface area contributed by atoms with Gasteiger partial charge >= 0.3 is 36.6 Å². The highest BCUT2D eigenvalue weighted by Gasteiger charge is 2.29. The second-order valence-electron chi connectivity index (χ2n) is 28.2. The Kier molecular flexibility index (Phi) is 14.6. The third-order valence-corrected chi connectivity index (χ3v) is 18.3. The summed E-state index contributed by atoms with van der Waals surface area (Å²) in [7, 11) is 9.11. The van der Waals surface area contributed by atoms with Crippen LogP contribution in [0.5, 0.6) is 0 Å². The molecule has 126 heavy (non-hydrogen) atoms. The zero-order valence-electron chi connectivity index (χ0n) is 128. The van der Waals surface area contributed by atoms with Gasteiger partial charge in [-0.25, -0.2) is 28.8 Å². The molecule has 6 aliphatic rings. The lowest BCUT2D eigenvalue weighted by atomic mass is 10.0. The van der Waals surface area contributed by atoms with Crippen molar-refractivity contribution in [2.75, 3.05) is 163 Å². The minimum absolute atomic E-state index is 0.00133. The van der Waals surface area contributed by atoms with E-state index in [-0.39, 0.29) is 95.1 Å². The molecule has 6 saturated heterocycles. The number of hydrogen-bond donors (Lipinski definition) is 12. The largest absolute Gasteiger partial charge is 0.447 e. The predicted molar refractivity (Wildman–Crippen MR) is 495 cm³/mol. The molecule has 6 aliphatic heterocycles. The van der Waals surface area contributed by atoms with Crippen LogP contribution in [0.15, 0.2) is 146 Å². The van der Waals surface area contributed by atoms with Gasteiger partial charge in [-0.3, -0.25) is 0 Å². The number of benzene rings is 6. The Labute approximate surface area is 821 Å². The summed E-state index contributed by atoms with van der Waals surface area (Å²) in [5.74, 6) is 0. The Morgan fingerprint density at radius 1 is 0.310 bits per heavy atom. The molecule has 0 bridgehead atoms. The van der Waals surface area contributed by atoms with Gasteiger partial charge in [-0.05, 0) is 300 Å². The summed E-state index contributed by atoms with van der Waals surface area (Å²) in [6.45, 7) is -42.5. The van der Waals surface area contributed by atoms with E-state index in [1.165, 1.54) is 147 Å². The van der Waals surface area contributed by atoms with Crippen LogP contribution in [0, 0.1) is 0 Å². The second kappa shape index (κ2) is 43.7. The van der Waals surface area contributed by atoms with Crippen LogP contribution >= 0.6 is 0 Å². The van der Waals surface area contributed by atoms with E-state index in [4.69, 9.17) is 82.5 Å². The summed E-state index contributed by atoms with van der Waals surface area (Å²) in [6.07, 6.45) is -21.7. The Balaban J connectivity index is 0.000000181. The van der Waals surface area contributed by atoms with Crippen molar-refractivity contribution in [1.29, 1.82) is 0 Å². The fraction of sp³-hybridized carbons (Fsp3) is 0.438. The van der Waals surface area contributed by atoms with Crippen molar-refractivity contribution in [3.05, 3.63) is 213 Å². The van der Waals surface area contributed by atoms with Crippen molar-refractivity contribution in [3.63, 3.8) is 0 Å². The molecule has 6 aromatic heterocycles. The molecule has 672 valence electrons. The summed E-state index contributed by atoms with van der Waals surface area (Å²) >= 11 is 0. The number of carbonyl (C=O) groups is 6. The molecule has 12 aromatic rings. The average molecular weight is 1780 g/mol. The number of nitrogens with one attached hydrogen (secondary N) is 12. The molecule has 6 atom stereocenters. The summed E-state index contributed by atoms with van der Waals surface area (Å²) in [4.78, 5) is 85.3. The molecule has 30 nitrogen and oxygen atoms in total. The van der Waals surface area contributed by atoms with E-state index in [1.807, 2.05) is 19.0 Å². The number of carbonyl (C=O) groups excluding carboxylic acids is 6. The first-order chi connectivity index (χ1) is 84.0. The van der Waals surface area contributed by atoms with E-state index in [0.29, 0.717) is 77.5 Å². The zero-order chi connectivity index (χ0) is 141. The molecule has 6 aromatic carbocycles. The number of cyclic esters (lactones) is 6. The number of ether oxygens (including phenoxy) is 6. The van der Waals surface area contributed by atoms with Gasteiger partial charge in [0, 0.05) is 199 Å². The maximum atomic E-state index is 11.6. The number of rotatable bonds is 30. The van der Waals surface area contributed by atoms with Gasteiger partial charge in [0.05, 0.1) is 52.7 Å². The summed E-state index contributed by atoms with van der Waals surface area (Å²) in [5, 5.41) is 8.53. The fourth-order valence-electron chi connectivity index (χ4n) is 12.5. The van der Waals surface area contributed by atoms with Gasteiger partial charge in [0.25, 0.3) is 0 Å². The Hall–Kier alpha value is -12.1. The number of aromatic nitrogens is 6. The van der Waals surface area contributed by atoms with Gasteiger partial charge in [-0.1, -0.05) is 36.4 Å². The van der Waals surface area contributed by atoms with Gasteiger partial charge in [0.15, 0.2) is 8.47 Å². The first kappa shape index (κ1) is 42.0. The third-order valence-electron chi connectivity index (χ3n) is 18.3. The summed E-state index contributed by atoms with van der Waals surface area (Å²) in [5.41, 5.74) is 3.16. The number of nitrogens with zero attached hydrogens (tertiary/aromatic N) is 6. The minimum Gasteiger partial charge on any atom is -0.447 e. The van der Waals surface area contributed by atoms with Crippen LogP contribution in [0.1, 0.15) is 141 Å². The summed E-state index contributed by atoms with van der Waals surface area (Å²) < 4.78 is 503. The van der Waals surface area contributed by atoms with E-state index >= 15 is 0 Å². The summed E-state index contributed by atoms with van der Waals surface area (Å²) in [6, 6.07) is 14.1.